The molecule has 0 saturated carbocycles. The number of anilines is 1. The Morgan fingerprint density at radius 2 is 2.18 bits per heavy atom. The fraction of sp³-hybridized carbons (Fsp3) is 0.250. The van der Waals surface area contributed by atoms with Gasteiger partial charge in [-0.2, -0.15) is 5.10 Å². The van der Waals surface area contributed by atoms with Crippen molar-refractivity contribution in [2.45, 2.75) is 13.5 Å². The smallest absolute Gasteiger partial charge is 0.152 e. The second-order valence-electron chi connectivity index (χ2n) is 3.75. The summed E-state index contributed by atoms with van der Waals surface area (Å²) in [4.78, 5) is 0. The summed E-state index contributed by atoms with van der Waals surface area (Å²) in [6.45, 7) is 2.58. The van der Waals surface area contributed by atoms with E-state index in [4.69, 9.17) is 0 Å². The Kier molecular flexibility index (Phi) is 3.37. The fourth-order valence-corrected chi connectivity index (χ4v) is 1.55. The van der Waals surface area contributed by atoms with Crippen LogP contribution in [0.4, 0.5) is 14.5 Å². The van der Waals surface area contributed by atoms with Gasteiger partial charge in [0.1, 0.15) is 11.5 Å². The zero-order valence-corrected chi connectivity index (χ0v) is 9.45. The largest absolute Gasteiger partial charge is 0.378 e. The van der Waals surface area contributed by atoms with Crippen LogP contribution < -0.4 is 5.32 Å². The summed E-state index contributed by atoms with van der Waals surface area (Å²) in [5.74, 6) is -1.11. The minimum atomic E-state index is -0.575. The molecule has 1 aromatic carbocycles. The van der Waals surface area contributed by atoms with Crippen LogP contribution in [0.3, 0.4) is 0 Å². The van der Waals surface area contributed by atoms with Crippen LogP contribution >= 0.6 is 0 Å². The lowest BCUT2D eigenvalue weighted by atomic mass is 10.2. The van der Waals surface area contributed by atoms with Gasteiger partial charge in [0.2, 0.25) is 0 Å². The van der Waals surface area contributed by atoms with Crippen LogP contribution in [-0.4, -0.2) is 16.3 Å². The van der Waals surface area contributed by atoms with Gasteiger partial charge in [-0.15, -0.1) is 0 Å². The van der Waals surface area contributed by atoms with Crippen LogP contribution in [0, 0.1) is 18.6 Å². The van der Waals surface area contributed by atoms with E-state index in [0.29, 0.717) is 18.7 Å². The quantitative estimate of drug-likeness (QED) is 0.885. The number of nitrogens with one attached hydrogen (secondary N) is 1. The first-order valence-corrected chi connectivity index (χ1v) is 5.34. The van der Waals surface area contributed by atoms with Gasteiger partial charge in [-0.05, 0) is 24.6 Å². The second kappa shape index (κ2) is 4.95. The Balaban J connectivity index is 2.01. The van der Waals surface area contributed by atoms with Crippen molar-refractivity contribution in [2.24, 2.45) is 0 Å². The molecule has 0 aliphatic heterocycles. The van der Waals surface area contributed by atoms with Crippen LogP contribution in [0.15, 0.2) is 30.6 Å². The normalized spacial score (nSPS) is 10.5. The standard InChI is InChI=1S/C12H13F2N3/c1-9-3-4-10(13)12(11(9)14)15-6-8-17-7-2-5-16-17/h2-5,7,15H,6,8H2,1H3. The molecule has 2 rings (SSSR count). The molecule has 0 aliphatic rings. The molecular weight excluding hydrogens is 224 g/mol. The molecule has 0 radical (unpaired) electrons. The number of aryl methyl sites for hydroxylation is 1. The first-order chi connectivity index (χ1) is 8.18. The van der Waals surface area contributed by atoms with Crippen LogP contribution in [-0.2, 0) is 6.54 Å². The van der Waals surface area contributed by atoms with Gasteiger partial charge in [-0.1, -0.05) is 6.07 Å². The molecule has 0 amide bonds. The summed E-state index contributed by atoms with van der Waals surface area (Å²) in [7, 11) is 0. The summed E-state index contributed by atoms with van der Waals surface area (Å²) in [6.07, 6.45) is 3.46. The summed E-state index contributed by atoms with van der Waals surface area (Å²) in [5, 5.41) is 6.75. The summed E-state index contributed by atoms with van der Waals surface area (Å²) >= 11 is 0. The number of aromatic nitrogens is 2. The molecule has 0 aliphatic carbocycles. The van der Waals surface area contributed by atoms with Gasteiger partial charge in [0.15, 0.2) is 5.82 Å². The van der Waals surface area contributed by atoms with E-state index in [9.17, 15) is 8.78 Å². The molecule has 1 heterocycles. The fourth-order valence-electron chi connectivity index (χ4n) is 1.55. The molecule has 1 N–H and O–H groups in total. The van der Waals surface area contributed by atoms with Gasteiger partial charge in [-0.3, -0.25) is 4.68 Å². The highest BCUT2D eigenvalue weighted by Gasteiger charge is 2.10. The molecule has 0 bridgehead atoms. The minimum Gasteiger partial charge on any atom is -0.378 e. The van der Waals surface area contributed by atoms with E-state index in [-0.39, 0.29) is 5.69 Å². The third-order valence-electron chi connectivity index (χ3n) is 2.49. The highest BCUT2D eigenvalue weighted by molar-refractivity contribution is 5.48. The third-order valence-corrected chi connectivity index (χ3v) is 2.49. The number of rotatable bonds is 4. The van der Waals surface area contributed by atoms with Crippen molar-refractivity contribution in [1.29, 1.82) is 0 Å². The highest BCUT2D eigenvalue weighted by atomic mass is 19.1. The van der Waals surface area contributed by atoms with E-state index in [0.717, 1.165) is 0 Å². The molecule has 0 spiro atoms. The van der Waals surface area contributed by atoms with Crippen molar-refractivity contribution in [1.82, 2.24) is 9.78 Å². The SMILES string of the molecule is Cc1ccc(F)c(NCCn2cccn2)c1F. The first kappa shape index (κ1) is 11.6. The van der Waals surface area contributed by atoms with E-state index in [1.54, 1.807) is 30.1 Å². The zero-order chi connectivity index (χ0) is 12.3. The number of halogens is 2. The maximum atomic E-state index is 13.6. The molecule has 90 valence electrons. The molecule has 3 nitrogen and oxygen atoms in total. The lowest BCUT2D eigenvalue weighted by Gasteiger charge is -2.10. The molecule has 0 fully saturated rings. The molecule has 17 heavy (non-hydrogen) atoms. The molecular formula is C12H13F2N3. The highest BCUT2D eigenvalue weighted by Crippen LogP contribution is 2.21. The average Bonchev–Trinajstić information content (AvgIpc) is 2.81. The van der Waals surface area contributed by atoms with Gasteiger partial charge in [0, 0.05) is 18.9 Å². The zero-order valence-electron chi connectivity index (χ0n) is 9.45. The van der Waals surface area contributed by atoms with Crippen molar-refractivity contribution in [3.8, 4) is 0 Å². The molecule has 0 saturated heterocycles. The van der Waals surface area contributed by atoms with Crippen molar-refractivity contribution >= 4 is 5.69 Å². The average molecular weight is 237 g/mol. The summed E-state index contributed by atoms with van der Waals surface area (Å²) in [6, 6.07) is 4.48. The molecule has 2 aromatic rings. The lowest BCUT2D eigenvalue weighted by molar-refractivity contribution is 0.576. The number of nitrogens with zero attached hydrogens (tertiary/aromatic N) is 2. The van der Waals surface area contributed by atoms with Crippen molar-refractivity contribution in [3.05, 3.63) is 47.8 Å². The Morgan fingerprint density at radius 3 is 2.88 bits per heavy atom. The minimum absolute atomic E-state index is 0.0721. The van der Waals surface area contributed by atoms with Crippen molar-refractivity contribution in [3.63, 3.8) is 0 Å². The van der Waals surface area contributed by atoms with E-state index in [2.05, 4.69) is 10.4 Å². The lowest BCUT2D eigenvalue weighted by Crippen LogP contribution is -2.13. The van der Waals surface area contributed by atoms with E-state index in [1.165, 1.54) is 12.1 Å². The summed E-state index contributed by atoms with van der Waals surface area (Å²) in [5.41, 5.74) is 0.352. The Bertz CT molecular complexity index is 495. The van der Waals surface area contributed by atoms with Gasteiger partial charge < -0.3 is 5.32 Å². The van der Waals surface area contributed by atoms with Gasteiger partial charge in [0.25, 0.3) is 0 Å². The molecule has 5 heteroatoms. The Morgan fingerprint density at radius 1 is 1.35 bits per heavy atom. The van der Waals surface area contributed by atoms with E-state index < -0.39 is 11.6 Å². The maximum absolute atomic E-state index is 13.6. The number of benzene rings is 1. The van der Waals surface area contributed by atoms with Crippen LogP contribution in [0.25, 0.3) is 0 Å². The van der Waals surface area contributed by atoms with Crippen molar-refractivity contribution in [2.75, 3.05) is 11.9 Å². The van der Waals surface area contributed by atoms with Crippen LogP contribution in [0.5, 0.6) is 0 Å². The summed E-state index contributed by atoms with van der Waals surface area (Å²) < 4.78 is 28.7. The van der Waals surface area contributed by atoms with Gasteiger partial charge in [-0.25, -0.2) is 8.78 Å². The monoisotopic (exact) mass is 237 g/mol. The van der Waals surface area contributed by atoms with Crippen molar-refractivity contribution < 1.29 is 8.78 Å². The predicted octanol–water partition coefficient (Wildman–Crippen LogP) is 2.58. The molecule has 0 atom stereocenters. The third kappa shape index (κ3) is 2.61. The molecule has 0 unspecified atom stereocenters. The first-order valence-electron chi connectivity index (χ1n) is 5.34. The van der Waals surface area contributed by atoms with Crippen LogP contribution in [0.1, 0.15) is 5.56 Å². The topological polar surface area (TPSA) is 29.9 Å². The van der Waals surface area contributed by atoms with Gasteiger partial charge >= 0.3 is 0 Å². The maximum Gasteiger partial charge on any atom is 0.152 e. The number of hydrogen-bond acceptors (Lipinski definition) is 2. The second-order valence-corrected chi connectivity index (χ2v) is 3.75. The number of hydrogen-bond donors (Lipinski definition) is 1. The molecule has 1 aromatic heterocycles. The van der Waals surface area contributed by atoms with Gasteiger partial charge in [0.05, 0.1) is 6.54 Å². The van der Waals surface area contributed by atoms with E-state index in [1.807, 2.05) is 0 Å². The Labute approximate surface area is 98.1 Å². The Hall–Kier alpha value is -1.91. The van der Waals surface area contributed by atoms with Crippen LogP contribution in [0.2, 0.25) is 0 Å². The predicted molar refractivity (Wildman–Crippen MR) is 61.8 cm³/mol. The van der Waals surface area contributed by atoms with E-state index >= 15 is 0 Å².